The van der Waals surface area contributed by atoms with Gasteiger partial charge in [0.15, 0.2) is 0 Å². The molecule has 1 heterocycles. The second-order valence-electron chi connectivity index (χ2n) is 6.75. The Morgan fingerprint density at radius 2 is 1.47 bits per heavy atom. The van der Waals surface area contributed by atoms with Crippen LogP contribution in [-0.4, -0.2) is 94.3 Å². The summed E-state index contributed by atoms with van der Waals surface area (Å²) in [5.74, 6) is 0.201. The third-order valence-electron chi connectivity index (χ3n) is 4.95. The van der Waals surface area contributed by atoms with E-state index in [9.17, 15) is 9.59 Å². The smallest absolute Gasteiger partial charge is 0.870 e. The van der Waals surface area contributed by atoms with E-state index in [0.717, 1.165) is 30.9 Å². The van der Waals surface area contributed by atoms with E-state index in [1.165, 1.54) is 4.40 Å². The van der Waals surface area contributed by atoms with Gasteiger partial charge in [-0.2, -0.15) is 0 Å². The standard InChI is InChI=1S/C21H24GeN3O2.3H2O/c1-23(19-9-7-18(22)8-10-19)20(26)11-12-24-13-15-25(16-14-24)21(27)17-5-3-2-4-6-17;;;/h2-10H,11-16H2,1H3;3*1H2/q+3;;;/p-3. The van der Waals surface area contributed by atoms with Crippen molar-refractivity contribution in [1.29, 1.82) is 0 Å². The minimum absolute atomic E-state index is 0. The molecule has 9 heteroatoms. The molecule has 1 fully saturated rings. The van der Waals surface area contributed by atoms with Crippen molar-refractivity contribution in [3.63, 3.8) is 0 Å². The first kappa shape index (κ1) is 27.8. The number of nitrogens with zero attached hydrogens (tertiary/aromatic N) is 3. The zero-order valence-electron chi connectivity index (χ0n) is 16.9. The first-order valence-electron chi connectivity index (χ1n) is 9.19. The summed E-state index contributed by atoms with van der Waals surface area (Å²) in [5.41, 5.74) is 1.66. The maximum absolute atomic E-state index is 12.5. The van der Waals surface area contributed by atoms with E-state index in [1.807, 2.05) is 83.1 Å². The molecule has 0 aromatic heterocycles. The Hall–Kier alpha value is -2.24. The van der Waals surface area contributed by atoms with Gasteiger partial charge in [0.25, 0.3) is 5.91 Å². The predicted octanol–water partition coefficient (Wildman–Crippen LogP) is 0.761. The molecule has 0 aliphatic carbocycles. The summed E-state index contributed by atoms with van der Waals surface area (Å²) >= 11 is 2.04. The maximum Gasteiger partial charge on any atom is -0.870 e. The van der Waals surface area contributed by atoms with E-state index in [2.05, 4.69) is 4.90 Å². The number of rotatable bonds is 5. The van der Waals surface area contributed by atoms with Gasteiger partial charge in [-0.3, -0.25) is 4.79 Å². The number of benzene rings is 2. The zero-order chi connectivity index (χ0) is 19.2. The van der Waals surface area contributed by atoms with Crippen molar-refractivity contribution in [1.82, 2.24) is 9.80 Å². The summed E-state index contributed by atoms with van der Waals surface area (Å²) in [7, 11) is 1.82. The minimum Gasteiger partial charge on any atom is -0.870 e. The topological polar surface area (TPSA) is 134 Å². The predicted molar refractivity (Wildman–Crippen MR) is 114 cm³/mol. The van der Waals surface area contributed by atoms with Crippen LogP contribution in [0.3, 0.4) is 0 Å². The van der Waals surface area contributed by atoms with Gasteiger partial charge in [0.05, 0.1) is 0 Å². The van der Waals surface area contributed by atoms with Crippen molar-refractivity contribution in [2.45, 2.75) is 6.42 Å². The molecule has 0 unspecified atom stereocenters. The van der Waals surface area contributed by atoms with E-state index < -0.39 is 0 Å². The van der Waals surface area contributed by atoms with Crippen molar-refractivity contribution in [3.8, 4) is 0 Å². The van der Waals surface area contributed by atoms with Crippen molar-refractivity contribution in [3.05, 3.63) is 60.2 Å². The van der Waals surface area contributed by atoms with E-state index in [4.69, 9.17) is 0 Å². The second-order valence-corrected chi connectivity index (χ2v) is 7.96. The largest absolute Gasteiger partial charge is 0.870 e. The summed E-state index contributed by atoms with van der Waals surface area (Å²) in [4.78, 5) is 30.8. The van der Waals surface area contributed by atoms with Gasteiger partial charge >= 0.3 is 122 Å². The third kappa shape index (κ3) is 7.22. The average molecular weight is 474 g/mol. The van der Waals surface area contributed by atoms with Gasteiger partial charge in [0.1, 0.15) is 0 Å². The summed E-state index contributed by atoms with van der Waals surface area (Å²) in [6.07, 6.45) is 0.483. The Morgan fingerprint density at radius 3 is 2.03 bits per heavy atom. The Kier molecular flexibility index (Phi) is 12.2. The molecular weight excluding hydrogens is 447 g/mol. The molecule has 1 aliphatic rings. The van der Waals surface area contributed by atoms with Crippen LogP contribution in [-0.2, 0) is 4.79 Å². The summed E-state index contributed by atoms with van der Waals surface area (Å²) in [6.45, 7) is 3.74. The number of amides is 2. The van der Waals surface area contributed by atoms with Crippen molar-refractivity contribution in [2.75, 3.05) is 44.7 Å². The normalized spacial score (nSPS) is 13.4. The van der Waals surface area contributed by atoms with Crippen LogP contribution >= 0.6 is 0 Å². The summed E-state index contributed by atoms with van der Waals surface area (Å²) < 4.78 is 1.18. The minimum atomic E-state index is 0. The molecule has 3 N–H and O–H groups in total. The molecule has 0 spiro atoms. The molecule has 1 saturated heterocycles. The number of carbonyl (C=O) groups is 2. The summed E-state index contributed by atoms with van der Waals surface area (Å²) in [6, 6.07) is 17.4. The van der Waals surface area contributed by atoms with Crippen LogP contribution in [0.5, 0.6) is 0 Å². The Bertz CT molecular complexity index is 781. The number of carbonyl (C=O) groups excluding carboxylic acids is 2. The second kappa shape index (κ2) is 13.1. The van der Waals surface area contributed by atoms with E-state index in [0.29, 0.717) is 19.5 Å². The number of hydrogen-bond acceptors (Lipinski definition) is 6. The SMILES string of the molecule is CN(C(=O)CCN1CCN(C(=O)c2ccccc2)CC1)c1cc[c]([Ge+3])cc1.[OH-].[OH-].[OH-]. The Balaban J connectivity index is 0.00000280. The van der Waals surface area contributed by atoms with Gasteiger partial charge in [-0.15, -0.1) is 0 Å². The molecule has 0 saturated carbocycles. The molecule has 30 heavy (non-hydrogen) atoms. The molecule has 8 nitrogen and oxygen atoms in total. The summed E-state index contributed by atoms with van der Waals surface area (Å²) in [5, 5.41) is 0. The van der Waals surface area contributed by atoms with Crippen LogP contribution in [0.25, 0.3) is 0 Å². The quantitative estimate of drug-likeness (QED) is 0.588. The van der Waals surface area contributed by atoms with Gasteiger partial charge in [-0.25, -0.2) is 0 Å². The first-order valence-corrected chi connectivity index (χ1v) is 10.2. The van der Waals surface area contributed by atoms with E-state index in [1.54, 1.807) is 4.90 Å². The van der Waals surface area contributed by atoms with Gasteiger partial charge in [-0.1, -0.05) is 18.2 Å². The number of anilines is 1. The molecule has 0 bridgehead atoms. The van der Waals surface area contributed by atoms with E-state index >= 15 is 0 Å². The van der Waals surface area contributed by atoms with Crippen LogP contribution < -0.4 is 9.30 Å². The molecule has 2 amide bonds. The average Bonchev–Trinajstić information content (AvgIpc) is 2.72. The van der Waals surface area contributed by atoms with Gasteiger partial charge in [0, 0.05) is 5.56 Å². The Labute approximate surface area is 185 Å². The van der Waals surface area contributed by atoms with Crippen LogP contribution in [0, 0.1) is 0 Å². The molecule has 1 aliphatic heterocycles. The molecule has 2 aromatic carbocycles. The van der Waals surface area contributed by atoms with Crippen LogP contribution in [0.2, 0.25) is 0 Å². The molecule has 3 rings (SSSR count). The van der Waals surface area contributed by atoms with Crippen LogP contribution in [0.1, 0.15) is 16.8 Å². The van der Waals surface area contributed by atoms with Crippen LogP contribution in [0.15, 0.2) is 54.6 Å². The Morgan fingerprint density at radius 1 is 0.900 bits per heavy atom. The maximum atomic E-state index is 12.5. The molecule has 2 aromatic rings. The van der Waals surface area contributed by atoms with Gasteiger partial charge in [0.2, 0.25) is 0 Å². The molecular formula is C21H27GeN3O5. The molecule has 0 radical (unpaired) electrons. The van der Waals surface area contributed by atoms with Gasteiger partial charge in [-0.05, 0) is 12.1 Å². The van der Waals surface area contributed by atoms with E-state index in [-0.39, 0.29) is 28.2 Å². The van der Waals surface area contributed by atoms with Gasteiger partial charge < -0.3 is 16.4 Å². The zero-order valence-corrected chi connectivity index (χ0v) is 19.0. The number of hydrogen-bond donors (Lipinski definition) is 0. The fourth-order valence-corrected chi connectivity index (χ4v) is 3.54. The fourth-order valence-electron chi connectivity index (χ4n) is 3.19. The molecule has 160 valence electrons. The third-order valence-corrected chi connectivity index (χ3v) is 5.65. The van der Waals surface area contributed by atoms with Crippen molar-refractivity contribution < 1.29 is 26.0 Å². The van der Waals surface area contributed by atoms with Crippen molar-refractivity contribution in [2.24, 2.45) is 0 Å². The molecule has 0 atom stereocenters. The number of piperazine rings is 1. The fraction of sp³-hybridized carbons (Fsp3) is 0.333. The monoisotopic (exact) mass is 475 g/mol. The van der Waals surface area contributed by atoms with Crippen molar-refractivity contribution >= 4 is 38.4 Å². The van der Waals surface area contributed by atoms with Crippen LogP contribution in [0.4, 0.5) is 5.69 Å². The first-order chi connectivity index (χ1) is 13.0.